The average Bonchev–Trinajstić information content (AvgIpc) is 3.45. The Kier molecular flexibility index (Phi) is 5.70. The van der Waals surface area contributed by atoms with Crippen LogP contribution in [-0.4, -0.2) is 33.8 Å². The normalized spacial score (nSPS) is 22.5. The molecule has 3 aromatic rings. The minimum absolute atomic E-state index is 0.0275. The number of benzene rings is 2. The quantitative estimate of drug-likeness (QED) is 0.675. The van der Waals surface area contributed by atoms with Crippen LogP contribution in [0, 0.1) is 0 Å². The number of hydrogen-bond donors (Lipinski definition) is 1. The van der Waals surface area contributed by atoms with Gasteiger partial charge in [-0.3, -0.25) is 9.36 Å². The van der Waals surface area contributed by atoms with Crippen LogP contribution in [0.1, 0.15) is 36.6 Å². The van der Waals surface area contributed by atoms with Gasteiger partial charge in [0.1, 0.15) is 6.10 Å². The summed E-state index contributed by atoms with van der Waals surface area (Å²) in [6.07, 6.45) is 5.49. The number of aromatic nitrogens is 2. The van der Waals surface area contributed by atoms with E-state index in [9.17, 15) is 9.59 Å². The molecule has 2 aliphatic heterocycles. The van der Waals surface area contributed by atoms with E-state index in [1.807, 2.05) is 29.0 Å². The Hall–Kier alpha value is -3.12. The van der Waals surface area contributed by atoms with Crippen LogP contribution < -0.4 is 11.0 Å². The topological polar surface area (TPSA) is 65.3 Å². The molecule has 0 aliphatic carbocycles. The zero-order valence-corrected chi connectivity index (χ0v) is 18.4. The number of imidazole rings is 1. The Morgan fingerprint density at radius 1 is 1.09 bits per heavy atom. The third-order valence-electron chi connectivity index (χ3n) is 6.70. The molecule has 1 amide bonds. The van der Waals surface area contributed by atoms with E-state index in [0.29, 0.717) is 13.0 Å². The maximum atomic E-state index is 13.0. The molecular weight excluding hydrogens is 402 g/mol. The SMILES string of the molecule is Cn1cc2n(c1=O)C(Cc1cccc(-c3ccccc3)c1)C(NC(=O)[C@@H]1CCCO1)CC2. The lowest BCUT2D eigenvalue weighted by molar-refractivity contribution is -0.131. The van der Waals surface area contributed by atoms with Crippen LogP contribution in [0.2, 0.25) is 0 Å². The second kappa shape index (κ2) is 8.79. The van der Waals surface area contributed by atoms with Crippen LogP contribution >= 0.6 is 0 Å². The molecule has 2 unspecified atom stereocenters. The van der Waals surface area contributed by atoms with Crippen molar-refractivity contribution in [2.45, 2.75) is 50.3 Å². The van der Waals surface area contributed by atoms with Gasteiger partial charge in [0.25, 0.3) is 0 Å². The first-order chi connectivity index (χ1) is 15.6. The van der Waals surface area contributed by atoms with E-state index < -0.39 is 0 Å². The molecule has 6 heteroatoms. The number of amides is 1. The Balaban J connectivity index is 1.45. The number of carbonyl (C=O) groups excluding carboxylic acids is 1. The van der Waals surface area contributed by atoms with Gasteiger partial charge in [0.15, 0.2) is 0 Å². The van der Waals surface area contributed by atoms with Gasteiger partial charge in [0.05, 0.1) is 12.1 Å². The summed E-state index contributed by atoms with van der Waals surface area (Å²) in [6, 6.07) is 18.5. The molecule has 1 saturated heterocycles. The van der Waals surface area contributed by atoms with Gasteiger partial charge in [0, 0.05) is 25.5 Å². The molecule has 1 N–H and O–H groups in total. The predicted molar refractivity (Wildman–Crippen MR) is 124 cm³/mol. The van der Waals surface area contributed by atoms with Crippen molar-refractivity contribution >= 4 is 5.91 Å². The van der Waals surface area contributed by atoms with Gasteiger partial charge in [-0.05, 0) is 48.8 Å². The zero-order valence-electron chi connectivity index (χ0n) is 18.4. The standard InChI is InChI=1S/C26H29N3O3/c1-28-17-21-12-13-22(27-25(30)24-11-6-14-32-24)23(29(21)26(28)31)16-18-7-5-10-20(15-18)19-8-3-2-4-9-19/h2-5,7-10,15,17,22-24H,6,11-14,16H2,1H3,(H,27,30)/t22?,23?,24-/m0/s1. The van der Waals surface area contributed by atoms with Gasteiger partial charge in [0.2, 0.25) is 5.91 Å². The van der Waals surface area contributed by atoms with Crippen LogP contribution in [0.15, 0.2) is 65.6 Å². The van der Waals surface area contributed by atoms with Crippen molar-refractivity contribution in [3.8, 4) is 11.1 Å². The molecule has 0 radical (unpaired) electrons. The van der Waals surface area contributed by atoms with E-state index in [-0.39, 0.29) is 29.8 Å². The van der Waals surface area contributed by atoms with Crippen molar-refractivity contribution in [3.63, 3.8) is 0 Å². The van der Waals surface area contributed by atoms with E-state index in [1.165, 1.54) is 5.56 Å². The molecule has 32 heavy (non-hydrogen) atoms. The minimum atomic E-state index is -0.369. The molecule has 3 atom stereocenters. The third kappa shape index (κ3) is 4.02. The van der Waals surface area contributed by atoms with Gasteiger partial charge in [-0.1, -0.05) is 54.6 Å². The van der Waals surface area contributed by atoms with Gasteiger partial charge in [-0.15, -0.1) is 0 Å². The van der Waals surface area contributed by atoms with E-state index in [0.717, 1.165) is 42.5 Å². The molecule has 0 spiro atoms. The molecule has 0 bridgehead atoms. The number of carbonyl (C=O) groups is 1. The van der Waals surface area contributed by atoms with Crippen LogP contribution in [0.3, 0.4) is 0 Å². The summed E-state index contributed by atoms with van der Waals surface area (Å²) in [4.78, 5) is 25.8. The average molecular weight is 432 g/mol. The highest BCUT2D eigenvalue weighted by Crippen LogP contribution is 2.29. The summed E-state index contributed by atoms with van der Waals surface area (Å²) in [5.41, 5.74) is 4.47. The molecule has 6 nitrogen and oxygen atoms in total. The number of hydrogen-bond acceptors (Lipinski definition) is 3. The molecule has 2 aliphatic rings. The molecule has 1 fully saturated rings. The highest BCUT2D eigenvalue weighted by molar-refractivity contribution is 5.81. The molecule has 166 valence electrons. The summed E-state index contributed by atoms with van der Waals surface area (Å²) < 4.78 is 9.12. The monoisotopic (exact) mass is 431 g/mol. The number of aryl methyl sites for hydroxylation is 2. The molecule has 3 heterocycles. The van der Waals surface area contributed by atoms with Crippen molar-refractivity contribution in [1.29, 1.82) is 0 Å². The molecule has 1 aromatic heterocycles. The number of fused-ring (bicyclic) bond motifs is 1. The number of nitrogens with zero attached hydrogens (tertiary/aromatic N) is 2. The Morgan fingerprint density at radius 2 is 1.91 bits per heavy atom. The lowest BCUT2D eigenvalue weighted by Crippen LogP contribution is -2.50. The largest absolute Gasteiger partial charge is 0.368 e. The van der Waals surface area contributed by atoms with Crippen LogP contribution in [-0.2, 0) is 29.4 Å². The van der Waals surface area contributed by atoms with Gasteiger partial charge < -0.3 is 14.6 Å². The first-order valence-corrected chi connectivity index (χ1v) is 11.4. The third-order valence-corrected chi connectivity index (χ3v) is 6.70. The second-order valence-corrected chi connectivity index (χ2v) is 8.88. The van der Waals surface area contributed by atoms with Gasteiger partial charge >= 0.3 is 5.69 Å². The fourth-order valence-corrected chi connectivity index (χ4v) is 5.06. The summed E-state index contributed by atoms with van der Waals surface area (Å²) in [7, 11) is 1.79. The van der Waals surface area contributed by atoms with Crippen molar-refractivity contribution in [2.75, 3.05) is 6.61 Å². The van der Waals surface area contributed by atoms with Crippen LogP contribution in [0.5, 0.6) is 0 Å². The highest BCUT2D eigenvalue weighted by atomic mass is 16.5. The lowest BCUT2D eigenvalue weighted by atomic mass is 9.90. The van der Waals surface area contributed by atoms with Gasteiger partial charge in [-0.25, -0.2) is 4.79 Å². The van der Waals surface area contributed by atoms with Crippen LogP contribution in [0.25, 0.3) is 11.1 Å². The maximum Gasteiger partial charge on any atom is 0.328 e. The number of nitrogens with one attached hydrogen (secondary N) is 1. The minimum Gasteiger partial charge on any atom is -0.368 e. The maximum absolute atomic E-state index is 13.0. The predicted octanol–water partition coefficient (Wildman–Crippen LogP) is 3.25. The first-order valence-electron chi connectivity index (χ1n) is 11.4. The zero-order chi connectivity index (χ0) is 22.1. The molecule has 5 rings (SSSR count). The van der Waals surface area contributed by atoms with E-state index >= 15 is 0 Å². The van der Waals surface area contributed by atoms with Crippen molar-refractivity contribution in [2.24, 2.45) is 7.05 Å². The van der Waals surface area contributed by atoms with Crippen molar-refractivity contribution < 1.29 is 9.53 Å². The molecule has 0 saturated carbocycles. The number of ether oxygens (including phenoxy) is 1. The van der Waals surface area contributed by atoms with E-state index in [2.05, 4.69) is 41.7 Å². The summed E-state index contributed by atoms with van der Waals surface area (Å²) in [5, 5.41) is 3.22. The van der Waals surface area contributed by atoms with Crippen molar-refractivity contribution in [3.05, 3.63) is 82.5 Å². The van der Waals surface area contributed by atoms with E-state index in [1.54, 1.807) is 11.6 Å². The summed E-state index contributed by atoms with van der Waals surface area (Å²) in [5.74, 6) is -0.0528. The van der Waals surface area contributed by atoms with Crippen molar-refractivity contribution in [1.82, 2.24) is 14.5 Å². The summed E-state index contributed by atoms with van der Waals surface area (Å²) in [6.45, 7) is 0.640. The van der Waals surface area contributed by atoms with Gasteiger partial charge in [-0.2, -0.15) is 0 Å². The smallest absolute Gasteiger partial charge is 0.328 e. The first kappa shape index (κ1) is 20.8. The molecular formula is C26H29N3O3. The summed E-state index contributed by atoms with van der Waals surface area (Å²) >= 11 is 0. The Labute approximate surface area is 187 Å². The highest BCUT2D eigenvalue weighted by Gasteiger charge is 2.35. The lowest BCUT2D eigenvalue weighted by Gasteiger charge is -2.34. The second-order valence-electron chi connectivity index (χ2n) is 8.88. The number of rotatable bonds is 5. The van der Waals surface area contributed by atoms with Crippen LogP contribution in [0.4, 0.5) is 0 Å². The fourth-order valence-electron chi connectivity index (χ4n) is 5.06. The molecule has 2 aromatic carbocycles. The van der Waals surface area contributed by atoms with E-state index in [4.69, 9.17) is 4.74 Å². The fraction of sp³-hybridized carbons (Fsp3) is 0.385. The Morgan fingerprint density at radius 3 is 2.69 bits per heavy atom. The Bertz CT molecular complexity index is 1160.